The highest BCUT2D eigenvalue weighted by molar-refractivity contribution is 5.56. The van der Waals surface area contributed by atoms with Crippen LogP contribution >= 0.6 is 0 Å². The van der Waals surface area contributed by atoms with E-state index in [0.717, 1.165) is 19.3 Å². The molecule has 2 atom stereocenters. The van der Waals surface area contributed by atoms with Gasteiger partial charge in [0.1, 0.15) is 11.2 Å². The summed E-state index contributed by atoms with van der Waals surface area (Å²) in [4.78, 5) is 0. The second-order valence-corrected chi connectivity index (χ2v) is 6.44. The molecule has 2 bridgehead atoms. The first-order valence-electron chi connectivity index (χ1n) is 7.51. The summed E-state index contributed by atoms with van der Waals surface area (Å²) in [5.74, 6) is -0.524. The molecule has 1 aliphatic carbocycles. The van der Waals surface area contributed by atoms with E-state index in [1.165, 1.54) is 16.7 Å². The van der Waals surface area contributed by atoms with Gasteiger partial charge in [-0.25, -0.2) is 0 Å². The van der Waals surface area contributed by atoms with E-state index in [-0.39, 0.29) is 11.2 Å². The average Bonchev–Trinajstić information content (AvgIpc) is 3.10. The van der Waals surface area contributed by atoms with E-state index in [2.05, 4.69) is 37.3 Å². The maximum Gasteiger partial charge on any atom is 0.194 e. The van der Waals surface area contributed by atoms with Gasteiger partial charge in [-0.1, -0.05) is 24.3 Å². The van der Waals surface area contributed by atoms with Crippen LogP contribution in [0.3, 0.4) is 0 Å². The van der Waals surface area contributed by atoms with E-state index in [1.807, 2.05) is 0 Å². The number of hydrogen-bond acceptors (Lipinski definition) is 3. The van der Waals surface area contributed by atoms with Crippen molar-refractivity contribution >= 4 is 0 Å². The Morgan fingerprint density at radius 3 is 2.55 bits per heavy atom. The first kappa shape index (κ1) is 11.5. The zero-order valence-electron chi connectivity index (χ0n) is 11.6. The highest BCUT2D eigenvalue weighted by Gasteiger charge is 2.65. The van der Waals surface area contributed by atoms with Gasteiger partial charge in [0.05, 0.1) is 13.2 Å². The molecule has 0 N–H and O–H groups in total. The Morgan fingerprint density at radius 1 is 1.00 bits per heavy atom. The Labute approximate surface area is 118 Å². The Morgan fingerprint density at radius 2 is 1.75 bits per heavy atom. The summed E-state index contributed by atoms with van der Waals surface area (Å²) < 4.78 is 18.6. The van der Waals surface area contributed by atoms with Gasteiger partial charge in [-0.2, -0.15) is 0 Å². The van der Waals surface area contributed by atoms with Gasteiger partial charge >= 0.3 is 0 Å². The minimum Gasteiger partial charge on any atom is -0.351 e. The third kappa shape index (κ3) is 1.10. The molecule has 20 heavy (non-hydrogen) atoms. The van der Waals surface area contributed by atoms with Crippen molar-refractivity contribution in [1.29, 1.82) is 0 Å². The number of benzene rings is 1. The topological polar surface area (TPSA) is 27.7 Å². The van der Waals surface area contributed by atoms with Crippen LogP contribution in [0, 0.1) is 0 Å². The molecule has 3 heterocycles. The van der Waals surface area contributed by atoms with Gasteiger partial charge < -0.3 is 14.2 Å². The van der Waals surface area contributed by atoms with Gasteiger partial charge in [0.25, 0.3) is 0 Å². The molecule has 2 fully saturated rings. The van der Waals surface area contributed by atoms with Crippen LogP contribution in [0.2, 0.25) is 0 Å². The standard InChI is InChI=1S/C17H18O3/c1-15-11-14-16(20-15,13-6-3-2-5-12(13)15)7-4-8-17(14)18-9-10-19-17/h2-3,5-6,11H,4,7-10H2,1H3/t15-,16-/m1/s1. The van der Waals surface area contributed by atoms with Crippen molar-refractivity contribution in [2.24, 2.45) is 0 Å². The number of rotatable bonds is 0. The molecule has 1 aromatic carbocycles. The van der Waals surface area contributed by atoms with Crippen LogP contribution in [-0.2, 0) is 25.4 Å². The summed E-state index contributed by atoms with van der Waals surface area (Å²) in [6, 6.07) is 8.60. The predicted molar refractivity (Wildman–Crippen MR) is 73.1 cm³/mol. The van der Waals surface area contributed by atoms with Crippen molar-refractivity contribution in [1.82, 2.24) is 0 Å². The smallest absolute Gasteiger partial charge is 0.194 e. The lowest BCUT2D eigenvalue weighted by Crippen LogP contribution is -2.46. The van der Waals surface area contributed by atoms with Crippen LogP contribution in [0.1, 0.15) is 37.3 Å². The molecular formula is C17H18O3. The summed E-state index contributed by atoms with van der Waals surface area (Å²) >= 11 is 0. The molecule has 1 saturated heterocycles. The molecule has 3 heteroatoms. The van der Waals surface area contributed by atoms with E-state index >= 15 is 0 Å². The lowest BCUT2D eigenvalue weighted by atomic mass is 9.68. The molecular weight excluding hydrogens is 252 g/mol. The molecule has 5 rings (SSSR count). The molecule has 0 unspecified atom stereocenters. The Hall–Kier alpha value is -1.16. The van der Waals surface area contributed by atoms with Gasteiger partial charge in [-0.05, 0) is 37.0 Å². The minimum atomic E-state index is -0.524. The van der Waals surface area contributed by atoms with E-state index in [1.54, 1.807) is 0 Å². The van der Waals surface area contributed by atoms with E-state index < -0.39 is 5.79 Å². The zero-order chi connectivity index (χ0) is 13.4. The minimum absolute atomic E-state index is 0.312. The quantitative estimate of drug-likeness (QED) is 0.678. The molecule has 0 radical (unpaired) electrons. The normalized spacial score (nSPS) is 39.8. The molecule has 104 valence electrons. The van der Waals surface area contributed by atoms with Crippen LogP contribution in [0.4, 0.5) is 0 Å². The number of hydrogen-bond donors (Lipinski definition) is 0. The largest absolute Gasteiger partial charge is 0.351 e. The summed E-state index contributed by atoms with van der Waals surface area (Å²) in [6.45, 7) is 3.53. The van der Waals surface area contributed by atoms with Crippen molar-refractivity contribution in [3.05, 3.63) is 47.0 Å². The summed E-state index contributed by atoms with van der Waals surface area (Å²) in [6.07, 6.45) is 5.31. The first-order valence-corrected chi connectivity index (χ1v) is 7.51. The molecule has 3 aliphatic heterocycles. The molecule has 3 nitrogen and oxygen atoms in total. The Balaban J connectivity index is 1.76. The van der Waals surface area contributed by atoms with Crippen LogP contribution in [0.25, 0.3) is 0 Å². The van der Waals surface area contributed by atoms with Gasteiger partial charge in [-0.3, -0.25) is 0 Å². The monoisotopic (exact) mass is 270 g/mol. The van der Waals surface area contributed by atoms with Crippen molar-refractivity contribution < 1.29 is 14.2 Å². The van der Waals surface area contributed by atoms with Crippen LogP contribution < -0.4 is 0 Å². The van der Waals surface area contributed by atoms with E-state index in [0.29, 0.717) is 13.2 Å². The molecule has 1 aromatic rings. The van der Waals surface area contributed by atoms with Crippen LogP contribution in [0.15, 0.2) is 35.9 Å². The highest BCUT2D eigenvalue weighted by Crippen LogP contribution is 2.65. The Kier molecular flexibility index (Phi) is 1.93. The van der Waals surface area contributed by atoms with Crippen molar-refractivity contribution in [2.75, 3.05) is 13.2 Å². The van der Waals surface area contributed by atoms with Crippen LogP contribution in [-0.4, -0.2) is 19.0 Å². The van der Waals surface area contributed by atoms with Crippen molar-refractivity contribution in [3.63, 3.8) is 0 Å². The molecule has 1 saturated carbocycles. The second kappa shape index (κ2) is 3.35. The van der Waals surface area contributed by atoms with Gasteiger partial charge in [0, 0.05) is 12.0 Å². The summed E-state index contributed by atoms with van der Waals surface area (Å²) in [5.41, 5.74) is 3.21. The lowest BCUT2D eigenvalue weighted by Gasteiger charge is -2.43. The maximum absolute atomic E-state index is 6.56. The third-order valence-electron chi connectivity index (χ3n) is 5.34. The fourth-order valence-electron chi connectivity index (χ4n) is 4.64. The molecule has 4 aliphatic rings. The first-order chi connectivity index (χ1) is 9.69. The fourth-order valence-corrected chi connectivity index (χ4v) is 4.64. The Bertz CT molecular complexity index is 629. The third-order valence-corrected chi connectivity index (χ3v) is 5.34. The fraction of sp³-hybridized carbons (Fsp3) is 0.529. The van der Waals surface area contributed by atoms with E-state index in [9.17, 15) is 0 Å². The van der Waals surface area contributed by atoms with Gasteiger partial charge in [0.2, 0.25) is 0 Å². The van der Waals surface area contributed by atoms with Gasteiger partial charge in [-0.15, -0.1) is 0 Å². The van der Waals surface area contributed by atoms with Crippen LogP contribution in [0.5, 0.6) is 0 Å². The lowest BCUT2D eigenvalue weighted by molar-refractivity contribution is -0.178. The molecule has 2 spiro atoms. The SMILES string of the molecule is C[C@]12C=C3C4(CCC[C@@]3(O1)c1ccccc12)OCCO4. The average molecular weight is 270 g/mol. The number of fused-ring (bicyclic) bond motifs is 4. The zero-order valence-corrected chi connectivity index (χ0v) is 11.6. The maximum atomic E-state index is 6.56. The predicted octanol–water partition coefficient (Wildman–Crippen LogP) is 2.99. The molecule has 0 aromatic heterocycles. The number of ether oxygens (including phenoxy) is 3. The van der Waals surface area contributed by atoms with E-state index in [4.69, 9.17) is 14.2 Å². The second-order valence-electron chi connectivity index (χ2n) is 6.44. The van der Waals surface area contributed by atoms with Crippen molar-refractivity contribution in [3.8, 4) is 0 Å². The van der Waals surface area contributed by atoms with Crippen molar-refractivity contribution in [2.45, 2.75) is 43.2 Å². The van der Waals surface area contributed by atoms with Gasteiger partial charge in [0.15, 0.2) is 5.79 Å². The molecule has 0 amide bonds. The summed E-state index contributed by atoms with van der Waals surface area (Å²) in [7, 11) is 0. The summed E-state index contributed by atoms with van der Waals surface area (Å²) in [5, 5.41) is 0. The highest BCUT2D eigenvalue weighted by atomic mass is 16.7.